The number of benzene rings is 3. The van der Waals surface area contributed by atoms with Gasteiger partial charge in [0.1, 0.15) is 17.2 Å². The summed E-state index contributed by atoms with van der Waals surface area (Å²) in [5.41, 5.74) is 1.86. The normalized spacial score (nSPS) is 11.1. The fourth-order valence-corrected chi connectivity index (χ4v) is 3.49. The van der Waals surface area contributed by atoms with Crippen molar-refractivity contribution in [3.63, 3.8) is 0 Å². The van der Waals surface area contributed by atoms with Gasteiger partial charge in [0.15, 0.2) is 0 Å². The molecule has 0 atom stereocenters. The Morgan fingerprint density at radius 1 is 0.676 bits per heavy atom. The third-order valence-electron chi connectivity index (χ3n) is 5.60. The molecule has 3 aromatic carbocycles. The molecular weight excluding hydrogens is 464 g/mol. The lowest BCUT2D eigenvalue weighted by Crippen LogP contribution is -2.08. The number of carbonyl (C=O) groups is 1. The first-order valence-corrected chi connectivity index (χ1v) is 13.2. The topological polar surface area (TPSA) is 69.5 Å². The number of esters is 1. The molecule has 6 heteroatoms. The summed E-state index contributed by atoms with van der Waals surface area (Å²) in [5.74, 6) is 2.07. The van der Waals surface area contributed by atoms with Gasteiger partial charge in [-0.3, -0.25) is 0 Å². The van der Waals surface area contributed by atoms with Gasteiger partial charge in [0, 0.05) is 0 Å². The number of nitrogens with zero attached hydrogens (tertiary/aromatic N) is 2. The van der Waals surface area contributed by atoms with Crippen molar-refractivity contribution >= 4 is 17.3 Å². The summed E-state index contributed by atoms with van der Waals surface area (Å²) in [6.45, 7) is 7.81. The van der Waals surface area contributed by atoms with E-state index in [2.05, 4.69) is 31.0 Å². The molecule has 0 saturated carbocycles. The highest BCUT2D eigenvalue weighted by molar-refractivity contribution is 5.91. The van der Waals surface area contributed by atoms with E-state index >= 15 is 0 Å². The summed E-state index contributed by atoms with van der Waals surface area (Å²) in [5, 5.41) is 8.50. The molecule has 3 rings (SSSR count). The van der Waals surface area contributed by atoms with E-state index in [4.69, 9.17) is 14.2 Å². The van der Waals surface area contributed by atoms with Crippen molar-refractivity contribution in [2.45, 2.75) is 59.3 Å². The molecule has 0 saturated heterocycles. The van der Waals surface area contributed by atoms with Gasteiger partial charge in [-0.2, -0.15) is 10.2 Å². The van der Waals surface area contributed by atoms with E-state index in [9.17, 15) is 4.79 Å². The number of unbranched alkanes of at least 4 members (excludes halogenated alkanes) is 5. The molecule has 0 aliphatic rings. The van der Waals surface area contributed by atoms with Gasteiger partial charge in [-0.15, -0.1) is 0 Å². The van der Waals surface area contributed by atoms with Gasteiger partial charge >= 0.3 is 5.97 Å². The molecule has 0 unspecified atom stereocenters. The molecule has 0 spiro atoms. The molecule has 0 aliphatic heterocycles. The van der Waals surface area contributed by atoms with Crippen molar-refractivity contribution in [3.05, 3.63) is 78.4 Å². The van der Waals surface area contributed by atoms with Crippen LogP contribution in [0.3, 0.4) is 0 Å². The summed E-state index contributed by atoms with van der Waals surface area (Å²) in [6.07, 6.45) is 7.34. The molecule has 0 N–H and O–H groups in total. The maximum Gasteiger partial charge on any atom is 0.343 e. The average molecular weight is 503 g/mol. The quantitative estimate of drug-likeness (QED) is 0.0899. The van der Waals surface area contributed by atoms with Crippen LogP contribution in [0.25, 0.3) is 0 Å². The fourth-order valence-electron chi connectivity index (χ4n) is 3.49. The monoisotopic (exact) mass is 502 g/mol. The standard InChI is InChI=1S/C31H38N2O4/c1-4-5-6-7-8-9-22-35-28-16-10-25(11-17-28)31(34)37-30-20-14-27(15-21-30)33-32-26-12-18-29(19-13-26)36-23-24(2)3/h10-21,24H,4-9,22-23H2,1-3H3. The van der Waals surface area contributed by atoms with Gasteiger partial charge in [-0.05, 0) is 85.1 Å². The van der Waals surface area contributed by atoms with Gasteiger partial charge in [0.05, 0.1) is 30.2 Å². The molecule has 0 heterocycles. The second-order valence-electron chi connectivity index (χ2n) is 9.42. The first-order valence-electron chi connectivity index (χ1n) is 13.2. The predicted molar refractivity (Wildman–Crippen MR) is 148 cm³/mol. The molecule has 0 aromatic heterocycles. The van der Waals surface area contributed by atoms with Crippen LogP contribution in [-0.2, 0) is 0 Å². The Morgan fingerprint density at radius 3 is 1.78 bits per heavy atom. The molecule has 0 aliphatic carbocycles. The highest BCUT2D eigenvalue weighted by Gasteiger charge is 2.09. The van der Waals surface area contributed by atoms with Crippen LogP contribution in [-0.4, -0.2) is 19.2 Å². The molecule has 0 radical (unpaired) electrons. The molecule has 0 amide bonds. The zero-order chi connectivity index (χ0) is 26.3. The van der Waals surface area contributed by atoms with Crippen LogP contribution >= 0.6 is 0 Å². The minimum absolute atomic E-state index is 0.420. The van der Waals surface area contributed by atoms with Crippen LogP contribution in [0.5, 0.6) is 17.2 Å². The van der Waals surface area contributed by atoms with Crippen LogP contribution in [0.1, 0.15) is 69.7 Å². The van der Waals surface area contributed by atoms with Crippen LogP contribution in [0, 0.1) is 5.92 Å². The maximum atomic E-state index is 12.5. The van der Waals surface area contributed by atoms with E-state index in [1.165, 1.54) is 32.1 Å². The largest absolute Gasteiger partial charge is 0.494 e. The van der Waals surface area contributed by atoms with Gasteiger partial charge in [0.2, 0.25) is 0 Å². The first kappa shape index (κ1) is 27.9. The SMILES string of the molecule is CCCCCCCCOc1ccc(C(=O)Oc2ccc(N=Nc3ccc(OCC(C)C)cc3)cc2)cc1. The molecular formula is C31H38N2O4. The molecule has 0 fully saturated rings. The second-order valence-corrected chi connectivity index (χ2v) is 9.42. The van der Waals surface area contributed by atoms with Crippen molar-refractivity contribution in [1.82, 2.24) is 0 Å². The highest BCUT2D eigenvalue weighted by Crippen LogP contribution is 2.24. The summed E-state index contributed by atoms with van der Waals surface area (Å²) >= 11 is 0. The number of rotatable bonds is 15. The third kappa shape index (κ3) is 10.5. The second kappa shape index (κ2) is 15.4. The number of carbonyl (C=O) groups excluding carboxylic acids is 1. The molecule has 196 valence electrons. The molecule has 0 bridgehead atoms. The van der Waals surface area contributed by atoms with E-state index in [1.54, 1.807) is 48.5 Å². The summed E-state index contributed by atoms with van der Waals surface area (Å²) < 4.78 is 17.0. The summed E-state index contributed by atoms with van der Waals surface area (Å²) in [6, 6.07) is 21.5. The van der Waals surface area contributed by atoms with E-state index in [-0.39, 0.29) is 0 Å². The minimum Gasteiger partial charge on any atom is -0.494 e. The maximum absolute atomic E-state index is 12.5. The van der Waals surface area contributed by atoms with Crippen molar-refractivity contribution in [3.8, 4) is 17.2 Å². The van der Waals surface area contributed by atoms with Crippen molar-refractivity contribution in [2.75, 3.05) is 13.2 Å². The van der Waals surface area contributed by atoms with Gasteiger partial charge in [0.25, 0.3) is 0 Å². The first-order chi connectivity index (χ1) is 18.0. The lowest BCUT2D eigenvalue weighted by atomic mass is 10.1. The molecule has 6 nitrogen and oxygen atoms in total. The smallest absolute Gasteiger partial charge is 0.343 e. The summed E-state index contributed by atoms with van der Waals surface area (Å²) in [4.78, 5) is 12.5. The van der Waals surface area contributed by atoms with Crippen LogP contribution < -0.4 is 14.2 Å². The van der Waals surface area contributed by atoms with Crippen LogP contribution in [0.4, 0.5) is 11.4 Å². The van der Waals surface area contributed by atoms with Gasteiger partial charge in [-0.1, -0.05) is 52.9 Å². The summed E-state index contributed by atoms with van der Waals surface area (Å²) in [7, 11) is 0. The zero-order valence-corrected chi connectivity index (χ0v) is 22.2. The van der Waals surface area contributed by atoms with E-state index in [0.29, 0.717) is 36.1 Å². The Labute approximate surface area is 220 Å². The van der Waals surface area contributed by atoms with E-state index in [0.717, 1.165) is 23.6 Å². The number of hydrogen-bond acceptors (Lipinski definition) is 6. The van der Waals surface area contributed by atoms with Gasteiger partial charge in [-0.25, -0.2) is 4.79 Å². The lowest BCUT2D eigenvalue weighted by Gasteiger charge is -2.08. The molecule has 3 aromatic rings. The lowest BCUT2D eigenvalue weighted by molar-refractivity contribution is 0.0734. The fraction of sp³-hybridized carbons (Fsp3) is 0.387. The Hall–Kier alpha value is -3.67. The Bertz CT molecular complexity index is 1090. The number of azo groups is 1. The number of hydrogen-bond donors (Lipinski definition) is 0. The van der Waals surface area contributed by atoms with Crippen LogP contribution in [0.15, 0.2) is 83.0 Å². The van der Waals surface area contributed by atoms with Crippen molar-refractivity contribution in [1.29, 1.82) is 0 Å². The van der Waals surface area contributed by atoms with E-state index < -0.39 is 5.97 Å². The van der Waals surface area contributed by atoms with E-state index in [1.807, 2.05) is 24.3 Å². The average Bonchev–Trinajstić information content (AvgIpc) is 2.92. The Balaban J connectivity index is 1.43. The Kier molecular flexibility index (Phi) is 11.6. The predicted octanol–water partition coefficient (Wildman–Crippen LogP) is 9.10. The highest BCUT2D eigenvalue weighted by atomic mass is 16.5. The Morgan fingerprint density at radius 2 is 1.19 bits per heavy atom. The van der Waals surface area contributed by atoms with Crippen molar-refractivity contribution < 1.29 is 19.0 Å². The molecule has 37 heavy (non-hydrogen) atoms. The number of ether oxygens (including phenoxy) is 3. The van der Waals surface area contributed by atoms with Crippen molar-refractivity contribution in [2.24, 2.45) is 16.1 Å². The zero-order valence-electron chi connectivity index (χ0n) is 22.2. The minimum atomic E-state index is -0.420. The van der Waals surface area contributed by atoms with Crippen LogP contribution in [0.2, 0.25) is 0 Å². The van der Waals surface area contributed by atoms with Gasteiger partial charge < -0.3 is 14.2 Å². The third-order valence-corrected chi connectivity index (χ3v) is 5.60.